The minimum Gasteiger partial charge on any atom is -0.340 e. The number of rotatable bonds is 2. The zero-order valence-corrected chi connectivity index (χ0v) is 8.07. The Morgan fingerprint density at radius 2 is 1.79 bits per heavy atom. The molecule has 2 heteroatoms. The van der Waals surface area contributed by atoms with Crippen LogP contribution in [0.15, 0.2) is 48.7 Å². The van der Waals surface area contributed by atoms with Gasteiger partial charge in [0.25, 0.3) is 0 Å². The van der Waals surface area contributed by atoms with Crippen LogP contribution in [0.1, 0.15) is 5.56 Å². The summed E-state index contributed by atoms with van der Waals surface area (Å²) in [6.07, 6.45) is 1.85. The summed E-state index contributed by atoms with van der Waals surface area (Å²) >= 11 is 0. The quantitative estimate of drug-likeness (QED) is 0.775. The van der Waals surface area contributed by atoms with E-state index in [1.54, 1.807) is 0 Å². The summed E-state index contributed by atoms with van der Waals surface area (Å²) < 4.78 is 0. The molecule has 2 aromatic rings. The summed E-state index contributed by atoms with van der Waals surface area (Å²) in [6, 6.07) is 14.0. The predicted molar refractivity (Wildman–Crippen MR) is 58.7 cm³/mol. The van der Waals surface area contributed by atoms with Gasteiger partial charge in [-0.05, 0) is 30.7 Å². The van der Waals surface area contributed by atoms with Crippen molar-refractivity contribution in [2.45, 2.75) is 6.92 Å². The first-order chi connectivity index (χ1) is 6.84. The number of nitrogens with one attached hydrogen (secondary N) is 1. The lowest BCUT2D eigenvalue weighted by atomic mass is 10.3. The molecular formula is C12H12N2. The third kappa shape index (κ3) is 2.10. The molecule has 0 aliphatic heterocycles. The number of pyridine rings is 1. The number of aromatic nitrogens is 1. The van der Waals surface area contributed by atoms with Gasteiger partial charge in [0.15, 0.2) is 0 Å². The molecule has 0 aliphatic carbocycles. The molecule has 0 saturated heterocycles. The maximum absolute atomic E-state index is 4.26. The molecule has 0 bridgehead atoms. The first kappa shape index (κ1) is 8.75. The van der Waals surface area contributed by atoms with Crippen molar-refractivity contribution in [3.05, 3.63) is 54.2 Å². The van der Waals surface area contributed by atoms with Gasteiger partial charge in [-0.1, -0.05) is 24.3 Å². The van der Waals surface area contributed by atoms with Gasteiger partial charge in [0, 0.05) is 11.9 Å². The second-order valence-corrected chi connectivity index (χ2v) is 3.21. The van der Waals surface area contributed by atoms with Gasteiger partial charge in [0.05, 0.1) is 0 Å². The van der Waals surface area contributed by atoms with E-state index in [-0.39, 0.29) is 0 Å². The second-order valence-electron chi connectivity index (χ2n) is 3.21. The Balaban J connectivity index is 2.16. The average Bonchev–Trinajstić information content (AvgIpc) is 2.23. The number of aryl methyl sites for hydroxylation is 1. The van der Waals surface area contributed by atoms with Gasteiger partial charge < -0.3 is 5.32 Å². The first-order valence-corrected chi connectivity index (χ1v) is 4.59. The third-order valence-corrected chi connectivity index (χ3v) is 1.96. The highest BCUT2D eigenvalue weighted by atomic mass is 15.0. The fourth-order valence-electron chi connectivity index (χ4n) is 1.21. The summed E-state index contributed by atoms with van der Waals surface area (Å²) in [5.74, 6) is 0.877. The lowest BCUT2D eigenvalue weighted by Crippen LogP contribution is -1.92. The van der Waals surface area contributed by atoms with Crippen molar-refractivity contribution in [1.82, 2.24) is 4.98 Å². The molecule has 0 saturated carbocycles. The largest absolute Gasteiger partial charge is 0.340 e. The van der Waals surface area contributed by atoms with Gasteiger partial charge in [-0.25, -0.2) is 4.98 Å². The Morgan fingerprint density at radius 1 is 1.00 bits per heavy atom. The maximum atomic E-state index is 4.26. The fourth-order valence-corrected chi connectivity index (χ4v) is 1.21. The zero-order chi connectivity index (χ0) is 9.80. The number of hydrogen-bond donors (Lipinski definition) is 1. The number of anilines is 2. The molecule has 0 radical (unpaired) electrons. The van der Waals surface area contributed by atoms with E-state index in [4.69, 9.17) is 0 Å². The Bertz CT molecular complexity index is 392. The highest BCUT2D eigenvalue weighted by Gasteiger charge is 1.93. The summed E-state index contributed by atoms with van der Waals surface area (Å²) in [5, 5.41) is 3.22. The van der Waals surface area contributed by atoms with Crippen molar-refractivity contribution in [2.24, 2.45) is 0 Å². The van der Waals surface area contributed by atoms with Crippen LogP contribution in [-0.2, 0) is 0 Å². The Labute approximate surface area is 83.6 Å². The van der Waals surface area contributed by atoms with Crippen molar-refractivity contribution in [3.63, 3.8) is 0 Å². The van der Waals surface area contributed by atoms with E-state index in [0.717, 1.165) is 11.5 Å². The van der Waals surface area contributed by atoms with Crippen molar-refractivity contribution >= 4 is 11.5 Å². The lowest BCUT2D eigenvalue weighted by molar-refractivity contribution is 1.26. The summed E-state index contributed by atoms with van der Waals surface area (Å²) in [5.41, 5.74) is 2.23. The van der Waals surface area contributed by atoms with E-state index in [1.807, 2.05) is 55.6 Å². The Morgan fingerprint density at radius 3 is 2.43 bits per heavy atom. The molecule has 1 heterocycles. The van der Waals surface area contributed by atoms with E-state index in [9.17, 15) is 0 Å². The van der Waals surface area contributed by atoms with Crippen LogP contribution in [0.3, 0.4) is 0 Å². The third-order valence-electron chi connectivity index (χ3n) is 1.96. The molecule has 1 aromatic carbocycles. The average molecular weight is 184 g/mol. The zero-order valence-electron chi connectivity index (χ0n) is 8.07. The van der Waals surface area contributed by atoms with Crippen LogP contribution in [0.5, 0.6) is 0 Å². The number of benzene rings is 1. The topological polar surface area (TPSA) is 24.9 Å². The molecule has 2 nitrogen and oxygen atoms in total. The molecule has 14 heavy (non-hydrogen) atoms. The van der Waals surface area contributed by atoms with Crippen LogP contribution in [-0.4, -0.2) is 4.98 Å². The minimum atomic E-state index is 0.877. The van der Waals surface area contributed by atoms with E-state index < -0.39 is 0 Å². The van der Waals surface area contributed by atoms with Crippen molar-refractivity contribution in [1.29, 1.82) is 0 Å². The molecule has 2 rings (SSSR count). The van der Waals surface area contributed by atoms with Crippen LogP contribution in [0.2, 0.25) is 0 Å². The molecule has 1 aromatic heterocycles. The van der Waals surface area contributed by atoms with Crippen LogP contribution in [0.25, 0.3) is 0 Å². The SMILES string of the molecule is Cc1ccc(Nc2ccccc2)nc1. The van der Waals surface area contributed by atoms with Crippen LogP contribution >= 0.6 is 0 Å². The van der Waals surface area contributed by atoms with Gasteiger partial charge in [0.2, 0.25) is 0 Å². The second kappa shape index (κ2) is 3.92. The van der Waals surface area contributed by atoms with Crippen LogP contribution in [0, 0.1) is 6.92 Å². The first-order valence-electron chi connectivity index (χ1n) is 4.59. The maximum Gasteiger partial charge on any atom is 0.130 e. The minimum absolute atomic E-state index is 0.877. The van der Waals surface area contributed by atoms with E-state index >= 15 is 0 Å². The van der Waals surface area contributed by atoms with E-state index in [1.165, 1.54) is 5.56 Å². The molecule has 0 fully saturated rings. The molecular weight excluding hydrogens is 172 g/mol. The Kier molecular flexibility index (Phi) is 2.45. The van der Waals surface area contributed by atoms with Gasteiger partial charge in [-0.15, -0.1) is 0 Å². The molecule has 0 spiro atoms. The summed E-state index contributed by atoms with van der Waals surface area (Å²) in [6.45, 7) is 2.03. The summed E-state index contributed by atoms with van der Waals surface area (Å²) in [7, 11) is 0. The predicted octanol–water partition coefficient (Wildman–Crippen LogP) is 3.13. The number of nitrogens with zero attached hydrogens (tertiary/aromatic N) is 1. The van der Waals surface area contributed by atoms with Crippen molar-refractivity contribution in [2.75, 3.05) is 5.32 Å². The van der Waals surface area contributed by atoms with Crippen molar-refractivity contribution < 1.29 is 0 Å². The fraction of sp³-hybridized carbons (Fsp3) is 0.0833. The standard InChI is InChI=1S/C12H12N2/c1-10-7-8-12(13-9-10)14-11-5-3-2-4-6-11/h2-9H,1H3,(H,13,14). The van der Waals surface area contributed by atoms with Crippen molar-refractivity contribution in [3.8, 4) is 0 Å². The van der Waals surface area contributed by atoms with Crippen LogP contribution < -0.4 is 5.32 Å². The molecule has 1 N–H and O–H groups in total. The number of hydrogen-bond acceptors (Lipinski definition) is 2. The molecule has 0 amide bonds. The smallest absolute Gasteiger partial charge is 0.130 e. The van der Waals surface area contributed by atoms with E-state index in [0.29, 0.717) is 0 Å². The number of para-hydroxylation sites is 1. The van der Waals surface area contributed by atoms with Crippen LogP contribution in [0.4, 0.5) is 11.5 Å². The molecule has 0 atom stereocenters. The van der Waals surface area contributed by atoms with Gasteiger partial charge in [-0.2, -0.15) is 0 Å². The highest BCUT2D eigenvalue weighted by Crippen LogP contribution is 2.13. The monoisotopic (exact) mass is 184 g/mol. The summed E-state index contributed by atoms with van der Waals surface area (Å²) in [4.78, 5) is 4.26. The molecule has 0 unspecified atom stereocenters. The lowest BCUT2D eigenvalue weighted by Gasteiger charge is -2.04. The van der Waals surface area contributed by atoms with Gasteiger partial charge in [0.1, 0.15) is 5.82 Å². The molecule has 70 valence electrons. The normalized spacial score (nSPS) is 9.79. The Hall–Kier alpha value is -1.83. The van der Waals surface area contributed by atoms with Gasteiger partial charge in [-0.3, -0.25) is 0 Å². The molecule has 0 aliphatic rings. The highest BCUT2D eigenvalue weighted by molar-refractivity contribution is 5.55. The van der Waals surface area contributed by atoms with Gasteiger partial charge >= 0.3 is 0 Å². The van der Waals surface area contributed by atoms with E-state index in [2.05, 4.69) is 10.3 Å².